The van der Waals surface area contributed by atoms with Gasteiger partial charge in [0.15, 0.2) is 5.82 Å². The maximum Gasteiger partial charge on any atom is 0.261 e. The number of nitrogens with two attached hydrogens (primary N) is 1. The normalized spacial score (nSPS) is 12.1. The smallest absolute Gasteiger partial charge is 0.261 e. The highest BCUT2D eigenvalue weighted by molar-refractivity contribution is 7.89. The van der Waals surface area contributed by atoms with Crippen LogP contribution in [0.4, 0.5) is 18.9 Å². The molecule has 0 heterocycles. The van der Waals surface area contributed by atoms with Gasteiger partial charge in [-0.1, -0.05) is 11.6 Å². The Morgan fingerprint density at radius 2 is 2.05 bits per heavy atom. The Kier molecular flexibility index (Phi) is 6.06. The predicted molar refractivity (Wildman–Crippen MR) is 67.8 cm³/mol. The Labute approximate surface area is 118 Å². The van der Waals surface area contributed by atoms with Crippen LogP contribution in [0.15, 0.2) is 17.0 Å². The minimum atomic E-state index is -4.19. The van der Waals surface area contributed by atoms with E-state index in [4.69, 9.17) is 17.3 Å². The second kappa shape index (κ2) is 7.11. The maximum atomic E-state index is 13.6. The standard InChI is InChI=1S/C10H12ClF3N2O3S/c11-6-3-7(15)10(14)8(4-6)20(17,18)16-1-2-19-5-9(12)13/h3-4,9,16H,1-2,5,15H2. The second-order valence-corrected chi connectivity index (χ2v) is 5.84. The first kappa shape index (κ1) is 17.0. The minimum Gasteiger partial charge on any atom is -0.396 e. The molecule has 0 amide bonds. The van der Waals surface area contributed by atoms with Crippen molar-refractivity contribution in [3.05, 3.63) is 23.0 Å². The van der Waals surface area contributed by atoms with E-state index in [2.05, 4.69) is 4.74 Å². The molecule has 10 heteroatoms. The van der Waals surface area contributed by atoms with Crippen molar-refractivity contribution in [3.63, 3.8) is 0 Å². The third-order valence-electron chi connectivity index (χ3n) is 2.10. The lowest BCUT2D eigenvalue weighted by Gasteiger charge is -2.09. The molecule has 0 aliphatic heterocycles. The number of nitrogens with one attached hydrogen (secondary N) is 1. The lowest BCUT2D eigenvalue weighted by atomic mass is 10.3. The number of anilines is 1. The molecule has 1 aromatic carbocycles. The van der Waals surface area contributed by atoms with Crippen LogP contribution in [0, 0.1) is 5.82 Å². The van der Waals surface area contributed by atoms with Crippen molar-refractivity contribution >= 4 is 27.3 Å². The number of halogens is 4. The van der Waals surface area contributed by atoms with E-state index in [9.17, 15) is 21.6 Å². The van der Waals surface area contributed by atoms with E-state index in [0.29, 0.717) is 0 Å². The van der Waals surface area contributed by atoms with E-state index in [1.807, 2.05) is 4.72 Å². The fourth-order valence-corrected chi connectivity index (χ4v) is 2.71. The molecule has 0 atom stereocenters. The van der Waals surface area contributed by atoms with Crippen molar-refractivity contribution in [3.8, 4) is 0 Å². The van der Waals surface area contributed by atoms with Gasteiger partial charge in [0.1, 0.15) is 11.5 Å². The molecule has 1 rings (SSSR count). The summed E-state index contributed by atoms with van der Waals surface area (Å²) in [6.07, 6.45) is -2.64. The van der Waals surface area contributed by atoms with Crippen LogP contribution in [-0.4, -0.2) is 34.6 Å². The van der Waals surface area contributed by atoms with Crippen molar-refractivity contribution in [2.75, 3.05) is 25.5 Å². The van der Waals surface area contributed by atoms with Gasteiger partial charge in [-0.2, -0.15) is 0 Å². The lowest BCUT2D eigenvalue weighted by molar-refractivity contribution is 0.0199. The summed E-state index contributed by atoms with van der Waals surface area (Å²) in [6, 6.07) is 1.97. The number of ether oxygens (including phenoxy) is 1. The Hall–Kier alpha value is -1.03. The summed E-state index contributed by atoms with van der Waals surface area (Å²) in [5.41, 5.74) is 4.86. The molecule has 0 aliphatic rings. The molecule has 0 saturated heterocycles. The molecule has 0 radical (unpaired) electrons. The number of hydrogen-bond acceptors (Lipinski definition) is 4. The molecule has 0 aliphatic carbocycles. The Bertz CT molecular complexity index is 569. The number of rotatable bonds is 7. The van der Waals surface area contributed by atoms with Crippen LogP contribution in [0.3, 0.4) is 0 Å². The maximum absolute atomic E-state index is 13.6. The van der Waals surface area contributed by atoms with E-state index in [-0.39, 0.29) is 18.2 Å². The van der Waals surface area contributed by atoms with E-state index >= 15 is 0 Å². The Morgan fingerprint density at radius 1 is 1.40 bits per heavy atom. The van der Waals surface area contributed by atoms with Crippen molar-refractivity contribution in [2.24, 2.45) is 0 Å². The van der Waals surface area contributed by atoms with Crippen LogP contribution >= 0.6 is 11.6 Å². The molecular weight excluding hydrogens is 321 g/mol. The molecule has 114 valence electrons. The van der Waals surface area contributed by atoms with Gasteiger partial charge in [0.25, 0.3) is 6.43 Å². The molecule has 0 spiro atoms. The topological polar surface area (TPSA) is 81.4 Å². The number of sulfonamides is 1. The molecule has 0 aromatic heterocycles. The summed E-state index contributed by atoms with van der Waals surface area (Å²) < 4.78 is 67.2. The van der Waals surface area contributed by atoms with Gasteiger partial charge in [-0.3, -0.25) is 0 Å². The average molecular weight is 333 g/mol. The molecular formula is C10H12ClF3N2O3S. The first-order valence-corrected chi connectivity index (χ1v) is 7.20. The number of nitrogen functional groups attached to an aromatic ring is 1. The van der Waals surface area contributed by atoms with Gasteiger partial charge in [-0.25, -0.2) is 26.3 Å². The fraction of sp³-hybridized carbons (Fsp3) is 0.400. The van der Waals surface area contributed by atoms with Crippen LogP contribution < -0.4 is 10.5 Å². The van der Waals surface area contributed by atoms with Crippen LogP contribution in [-0.2, 0) is 14.8 Å². The van der Waals surface area contributed by atoms with Gasteiger partial charge in [0.05, 0.1) is 12.3 Å². The van der Waals surface area contributed by atoms with Crippen molar-refractivity contribution in [1.29, 1.82) is 0 Å². The first-order valence-electron chi connectivity index (χ1n) is 5.34. The fourth-order valence-electron chi connectivity index (χ4n) is 1.28. The molecule has 20 heavy (non-hydrogen) atoms. The van der Waals surface area contributed by atoms with Crippen LogP contribution in [0.2, 0.25) is 5.02 Å². The molecule has 0 fully saturated rings. The first-order chi connectivity index (χ1) is 9.24. The molecule has 1 aromatic rings. The highest BCUT2D eigenvalue weighted by atomic mass is 35.5. The Morgan fingerprint density at radius 3 is 2.65 bits per heavy atom. The zero-order chi connectivity index (χ0) is 15.3. The molecule has 5 nitrogen and oxygen atoms in total. The second-order valence-electron chi connectivity index (χ2n) is 3.67. The lowest BCUT2D eigenvalue weighted by Crippen LogP contribution is -2.29. The zero-order valence-electron chi connectivity index (χ0n) is 10.1. The SMILES string of the molecule is Nc1cc(Cl)cc(S(=O)(=O)NCCOCC(F)F)c1F. The third kappa shape index (κ3) is 4.82. The number of alkyl halides is 2. The summed E-state index contributed by atoms with van der Waals surface area (Å²) in [7, 11) is -4.19. The van der Waals surface area contributed by atoms with Crippen LogP contribution in [0.5, 0.6) is 0 Å². The monoisotopic (exact) mass is 332 g/mol. The van der Waals surface area contributed by atoms with Gasteiger partial charge in [-0.05, 0) is 12.1 Å². The highest BCUT2D eigenvalue weighted by Gasteiger charge is 2.21. The largest absolute Gasteiger partial charge is 0.396 e. The van der Waals surface area contributed by atoms with Gasteiger partial charge in [-0.15, -0.1) is 0 Å². The van der Waals surface area contributed by atoms with Gasteiger partial charge in [0, 0.05) is 11.6 Å². The van der Waals surface area contributed by atoms with E-state index in [1.54, 1.807) is 0 Å². The van der Waals surface area contributed by atoms with Crippen molar-refractivity contribution in [1.82, 2.24) is 4.72 Å². The zero-order valence-corrected chi connectivity index (χ0v) is 11.6. The van der Waals surface area contributed by atoms with Gasteiger partial charge >= 0.3 is 0 Å². The van der Waals surface area contributed by atoms with Gasteiger partial charge in [0.2, 0.25) is 10.0 Å². The number of benzene rings is 1. The summed E-state index contributed by atoms with van der Waals surface area (Å²) in [4.78, 5) is -0.712. The van der Waals surface area contributed by atoms with Gasteiger partial charge < -0.3 is 10.5 Å². The molecule has 0 unspecified atom stereocenters. The van der Waals surface area contributed by atoms with Crippen molar-refractivity contribution < 1.29 is 26.3 Å². The van der Waals surface area contributed by atoms with Crippen LogP contribution in [0.25, 0.3) is 0 Å². The van der Waals surface area contributed by atoms with Crippen molar-refractivity contribution in [2.45, 2.75) is 11.3 Å². The summed E-state index contributed by atoms with van der Waals surface area (Å²) >= 11 is 5.60. The minimum absolute atomic E-state index is 0.0433. The predicted octanol–water partition coefficient (Wildman–Crippen LogP) is 1.62. The Balaban J connectivity index is 2.70. The highest BCUT2D eigenvalue weighted by Crippen LogP contribution is 2.24. The summed E-state index contributed by atoms with van der Waals surface area (Å²) in [5.74, 6) is -1.13. The van der Waals surface area contributed by atoms with Crippen LogP contribution in [0.1, 0.15) is 0 Å². The molecule has 3 N–H and O–H groups in total. The number of hydrogen-bond donors (Lipinski definition) is 2. The summed E-state index contributed by atoms with van der Waals surface area (Å²) in [5, 5.41) is -0.0433. The third-order valence-corrected chi connectivity index (χ3v) is 3.78. The van der Waals surface area contributed by atoms with E-state index < -0.39 is 39.5 Å². The molecule has 0 saturated carbocycles. The van der Waals surface area contributed by atoms with E-state index in [0.717, 1.165) is 12.1 Å². The quantitative estimate of drug-likeness (QED) is 0.587. The summed E-state index contributed by atoms with van der Waals surface area (Å²) in [6.45, 7) is -1.37. The van der Waals surface area contributed by atoms with E-state index in [1.165, 1.54) is 0 Å². The molecule has 0 bridgehead atoms. The average Bonchev–Trinajstić information content (AvgIpc) is 2.32.